The van der Waals surface area contributed by atoms with E-state index in [2.05, 4.69) is 48.3 Å². The molecule has 0 bridgehead atoms. The normalized spacial score (nSPS) is 22.2. The highest BCUT2D eigenvalue weighted by Crippen LogP contribution is 2.09. The second kappa shape index (κ2) is 5.46. The lowest BCUT2D eigenvalue weighted by Gasteiger charge is -2.31. The van der Waals surface area contributed by atoms with E-state index in [1.165, 1.54) is 17.7 Å². The number of rotatable bonds is 3. The summed E-state index contributed by atoms with van der Waals surface area (Å²) < 4.78 is 0. The van der Waals surface area contributed by atoms with Crippen molar-refractivity contribution in [3.63, 3.8) is 0 Å². The topological polar surface area (TPSA) is 15.3 Å². The molecule has 1 aromatic carbocycles. The van der Waals surface area contributed by atoms with E-state index >= 15 is 0 Å². The van der Waals surface area contributed by atoms with Gasteiger partial charge in [-0.3, -0.25) is 4.90 Å². The Labute approximate surface area is 98.7 Å². The van der Waals surface area contributed by atoms with Gasteiger partial charge in [-0.1, -0.05) is 31.2 Å². The molecule has 1 aromatic rings. The molecule has 1 atom stereocenters. The van der Waals surface area contributed by atoms with Crippen molar-refractivity contribution in [1.82, 2.24) is 10.2 Å². The van der Waals surface area contributed by atoms with Gasteiger partial charge in [-0.2, -0.15) is 0 Å². The van der Waals surface area contributed by atoms with Crippen LogP contribution in [0.1, 0.15) is 25.0 Å². The van der Waals surface area contributed by atoms with Crippen molar-refractivity contribution in [3.05, 3.63) is 35.4 Å². The minimum absolute atomic E-state index is 0.628. The number of nitrogens with one attached hydrogen (secondary N) is 1. The van der Waals surface area contributed by atoms with E-state index in [0.29, 0.717) is 6.04 Å². The van der Waals surface area contributed by atoms with Gasteiger partial charge in [0.15, 0.2) is 0 Å². The van der Waals surface area contributed by atoms with Crippen molar-refractivity contribution < 1.29 is 0 Å². The number of hydrogen-bond acceptors (Lipinski definition) is 2. The molecular formula is C14H22N2. The van der Waals surface area contributed by atoms with E-state index in [1.807, 2.05) is 0 Å². The Morgan fingerprint density at radius 1 is 1.25 bits per heavy atom. The number of piperazine rings is 1. The summed E-state index contributed by atoms with van der Waals surface area (Å²) in [6, 6.07) is 9.67. The summed E-state index contributed by atoms with van der Waals surface area (Å²) in [4.78, 5) is 2.53. The Morgan fingerprint density at radius 3 is 2.56 bits per heavy atom. The maximum absolute atomic E-state index is 3.47. The van der Waals surface area contributed by atoms with Gasteiger partial charge < -0.3 is 5.32 Å². The lowest BCUT2D eigenvalue weighted by molar-refractivity contribution is 0.199. The van der Waals surface area contributed by atoms with Gasteiger partial charge in [0, 0.05) is 32.2 Å². The molecular weight excluding hydrogens is 196 g/mol. The maximum Gasteiger partial charge on any atom is 0.0234 e. The molecule has 1 aliphatic rings. The van der Waals surface area contributed by atoms with Crippen LogP contribution in [0.15, 0.2) is 24.3 Å². The molecule has 16 heavy (non-hydrogen) atoms. The Hall–Kier alpha value is -0.860. The van der Waals surface area contributed by atoms with Gasteiger partial charge in [0.2, 0.25) is 0 Å². The van der Waals surface area contributed by atoms with Crippen molar-refractivity contribution in [2.24, 2.45) is 0 Å². The summed E-state index contributed by atoms with van der Waals surface area (Å²) in [5.74, 6) is 0. The minimum atomic E-state index is 0.628. The maximum atomic E-state index is 3.47. The monoisotopic (exact) mass is 218 g/mol. The van der Waals surface area contributed by atoms with E-state index in [0.717, 1.165) is 26.1 Å². The number of nitrogens with zero attached hydrogens (tertiary/aromatic N) is 1. The Morgan fingerprint density at radius 2 is 1.94 bits per heavy atom. The number of hydrogen-bond donors (Lipinski definition) is 1. The van der Waals surface area contributed by atoms with Crippen LogP contribution in [0, 0.1) is 0 Å². The zero-order valence-corrected chi connectivity index (χ0v) is 10.4. The zero-order chi connectivity index (χ0) is 11.4. The molecule has 2 heteroatoms. The van der Waals surface area contributed by atoms with E-state index in [-0.39, 0.29) is 0 Å². The van der Waals surface area contributed by atoms with Crippen LogP contribution in [0.4, 0.5) is 0 Å². The first-order valence-corrected chi connectivity index (χ1v) is 6.31. The predicted molar refractivity (Wildman–Crippen MR) is 68.6 cm³/mol. The first kappa shape index (κ1) is 11.6. The zero-order valence-electron chi connectivity index (χ0n) is 10.4. The SMILES string of the molecule is CCc1ccc(CN2CCN[C@@H](C)C2)cc1. The molecule has 1 heterocycles. The second-order valence-electron chi connectivity index (χ2n) is 4.76. The molecule has 2 nitrogen and oxygen atoms in total. The predicted octanol–water partition coefficient (Wildman–Crippen LogP) is 2.04. The molecule has 1 saturated heterocycles. The van der Waals surface area contributed by atoms with Gasteiger partial charge in [-0.05, 0) is 24.5 Å². The van der Waals surface area contributed by atoms with Crippen LogP contribution in [0.3, 0.4) is 0 Å². The van der Waals surface area contributed by atoms with Crippen LogP contribution in [-0.2, 0) is 13.0 Å². The Kier molecular flexibility index (Phi) is 3.97. The molecule has 0 unspecified atom stereocenters. The van der Waals surface area contributed by atoms with Crippen LogP contribution >= 0.6 is 0 Å². The number of aryl methyl sites for hydroxylation is 1. The molecule has 1 N–H and O–H groups in total. The summed E-state index contributed by atoms with van der Waals surface area (Å²) in [5, 5.41) is 3.47. The van der Waals surface area contributed by atoms with Crippen molar-refractivity contribution in [1.29, 1.82) is 0 Å². The molecule has 0 aliphatic carbocycles. The van der Waals surface area contributed by atoms with Crippen LogP contribution in [-0.4, -0.2) is 30.6 Å². The highest BCUT2D eigenvalue weighted by atomic mass is 15.2. The third-order valence-electron chi connectivity index (χ3n) is 3.29. The second-order valence-corrected chi connectivity index (χ2v) is 4.76. The van der Waals surface area contributed by atoms with Gasteiger partial charge in [0.05, 0.1) is 0 Å². The highest BCUT2D eigenvalue weighted by molar-refractivity contribution is 5.22. The molecule has 0 amide bonds. The molecule has 88 valence electrons. The van der Waals surface area contributed by atoms with Crippen LogP contribution in [0.2, 0.25) is 0 Å². The van der Waals surface area contributed by atoms with Crippen molar-refractivity contribution >= 4 is 0 Å². The third-order valence-corrected chi connectivity index (χ3v) is 3.29. The van der Waals surface area contributed by atoms with E-state index in [1.54, 1.807) is 0 Å². The van der Waals surface area contributed by atoms with E-state index < -0.39 is 0 Å². The summed E-state index contributed by atoms with van der Waals surface area (Å²) in [6.45, 7) is 9.00. The van der Waals surface area contributed by atoms with Gasteiger partial charge in [0.25, 0.3) is 0 Å². The van der Waals surface area contributed by atoms with Gasteiger partial charge in [0.1, 0.15) is 0 Å². The van der Waals surface area contributed by atoms with Crippen molar-refractivity contribution in [2.75, 3.05) is 19.6 Å². The van der Waals surface area contributed by atoms with Crippen LogP contribution < -0.4 is 5.32 Å². The van der Waals surface area contributed by atoms with Gasteiger partial charge in [-0.25, -0.2) is 0 Å². The lowest BCUT2D eigenvalue weighted by Crippen LogP contribution is -2.48. The summed E-state index contributed by atoms with van der Waals surface area (Å²) in [7, 11) is 0. The Bertz CT molecular complexity index is 318. The molecule has 0 spiro atoms. The first-order chi connectivity index (χ1) is 7.78. The fraction of sp³-hybridized carbons (Fsp3) is 0.571. The molecule has 0 aromatic heterocycles. The third kappa shape index (κ3) is 3.06. The lowest BCUT2D eigenvalue weighted by atomic mass is 10.1. The highest BCUT2D eigenvalue weighted by Gasteiger charge is 2.15. The fourth-order valence-corrected chi connectivity index (χ4v) is 2.29. The summed E-state index contributed by atoms with van der Waals surface area (Å²) in [5.41, 5.74) is 2.86. The standard InChI is InChI=1S/C14H22N2/c1-3-13-4-6-14(7-5-13)11-16-9-8-15-12(2)10-16/h4-7,12,15H,3,8-11H2,1-2H3/t12-/m0/s1. The summed E-state index contributed by atoms with van der Waals surface area (Å²) in [6.07, 6.45) is 1.13. The van der Waals surface area contributed by atoms with Crippen LogP contribution in [0.25, 0.3) is 0 Å². The quantitative estimate of drug-likeness (QED) is 0.835. The Balaban J connectivity index is 1.92. The molecule has 2 rings (SSSR count). The molecule has 1 aliphatic heterocycles. The average molecular weight is 218 g/mol. The van der Waals surface area contributed by atoms with Crippen LogP contribution in [0.5, 0.6) is 0 Å². The summed E-state index contributed by atoms with van der Waals surface area (Å²) >= 11 is 0. The average Bonchev–Trinajstić information content (AvgIpc) is 2.30. The van der Waals surface area contributed by atoms with Crippen molar-refractivity contribution in [3.8, 4) is 0 Å². The molecule has 0 saturated carbocycles. The number of benzene rings is 1. The van der Waals surface area contributed by atoms with Gasteiger partial charge >= 0.3 is 0 Å². The molecule has 0 radical (unpaired) electrons. The smallest absolute Gasteiger partial charge is 0.0234 e. The fourth-order valence-electron chi connectivity index (χ4n) is 2.29. The van der Waals surface area contributed by atoms with Crippen molar-refractivity contribution in [2.45, 2.75) is 32.9 Å². The van der Waals surface area contributed by atoms with E-state index in [9.17, 15) is 0 Å². The minimum Gasteiger partial charge on any atom is -0.312 e. The van der Waals surface area contributed by atoms with E-state index in [4.69, 9.17) is 0 Å². The largest absolute Gasteiger partial charge is 0.312 e. The first-order valence-electron chi connectivity index (χ1n) is 6.31. The van der Waals surface area contributed by atoms with Gasteiger partial charge in [-0.15, -0.1) is 0 Å². The molecule has 1 fully saturated rings.